The largest absolute Gasteiger partial charge is 0.440 e. The third-order valence-corrected chi connectivity index (χ3v) is 3.23. The van der Waals surface area contributed by atoms with Gasteiger partial charge in [0, 0.05) is 6.04 Å². The summed E-state index contributed by atoms with van der Waals surface area (Å²) in [5.41, 5.74) is 6.62. The molecule has 2 N–H and O–H groups in total. The third kappa shape index (κ3) is 3.08. The van der Waals surface area contributed by atoms with Gasteiger partial charge in [-0.2, -0.15) is 0 Å². The van der Waals surface area contributed by atoms with E-state index >= 15 is 0 Å². The highest BCUT2D eigenvalue weighted by Crippen LogP contribution is 2.32. The molecule has 0 aliphatic heterocycles. The van der Waals surface area contributed by atoms with Crippen LogP contribution < -0.4 is 5.73 Å². The van der Waals surface area contributed by atoms with Gasteiger partial charge in [-0.1, -0.05) is 12.1 Å². The van der Waals surface area contributed by atoms with Crippen LogP contribution in [0.15, 0.2) is 45.2 Å². The van der Waals surface area contributed by atoms with E-state index in [9.17, 15) is 4.39 Å². The number of hydrogen-bond acceptors (Lipinski definition) is 4. The molecule has 0 aliphatic carbocycles. The highest BCUT2D eigenvalue weighted by Gasteiger charge is 2.13. The van der Waals surface area contributed by atoms with Crippen molar-refractivity contribution in [1.29, 1.82) is 0 Å². The maximum absolute atomic E-state index is 13.8. The molecule has 5 heteroatoms. The van der Waals surface area contributed by atoms with Gasteiger partial charge in [-0.3, -0.25) is 0 Å². The molecule has 0 amide bonds. The number of halogens is 1. The maximum atomic E-state index is 13.8. The highest BCUT2D eigenvalue weighted by molar-refractivity contribution is 7.99. The number of nitrogens with two attached hydrogens (primary N) is 1. The van der Waals surface area contributed by atoms with Gasteiger partial charge in [-0.25, -0.2) is 9.37 Å². The van der Waals surface area contributed by atoms with E-state index in [1.807, 2.05) is 13.0 Å². The minimum absolute atomic E-state index is 0.0132. The lowest BCUT2D eigenvalue weighted by Crippen LogP contribution is -2.18. The highest BCUT2D eigenvalue weighted by atomic mass is 32.2. The van der Waals surface area contributed by atoms with Gasteiger partial charge in [-0.15, -0.1) is 0 Å². The summed E-state index contributed by atoms with van der Waals surface area (Å²) in [6, 6.07) is 4.97. The predicted molar refractivity (Wildman–Crippen MR) is 64.4 cm³/mol. The Labute approximate surface area is 103 Å². The SMILES string of the molecule is CC(N)Cc1cccc(F)c1Sc1ncco1. The summed E-state index contributed by atoms with van der Waals surface area (Å²) in [5.74, 6) is -0.272. The Balaban J connectivity index is 2.30. The molecule has 90 valence electrons. The van der Waals surface area contributed by atoms with Gasteiger partial charge in [0.05, 0.1) is 11.1 Å². The molecule has 1 unspecified atom stereocenters. The second-order valence-corrected chi connectivity index (χ2v) is 4.77. The molecule has 0 radical (unpaired) electrons. The van der Waals surface area contributed by atoms with Gasteiger partial charge >= 0.3 is 0 Å². The first-order valence-electron chi connectivity index (χ1n) is 5.27. The number of benzene rings is 1. The number of rotatable bonds is 4. The maximum Gasteiger partial charge on any atom is 0.260 e. The lowest BCUT2D eigenvalue weighted by Gasteiger charge is -2.10. The fourth-order valence-corrected chi connectivity index (χ4v) is 2.36. The molecule has 0 aliphatic rings. The summed E-state index contributed by atoms with van der Waals surface area (Å²) in [5, 5.41) is 0.432. The number of aromatic nitrogens is 1. The normalized spacial score (nSPS) is 12.6. The molecular weight excluding hydrogens is 239 g/mol. The molecule has 1 aromatic heterocycles. The predicted octanol–water partition coefficient (Wildman–Crippen LogP) is 2.85. The molecule has 1 heterocycles. The van der Waals surface area contributed by atoms with Gasteiger partial charge in [0.2, 0.25) is 0 Å². The summed E-state index contributed by atoms with van der Waals surface area (Å²) < 4.78 is 18.9. The first-order valence-corrected chi connectivity index (χ1v) is 6.09. The molecule has 0 saturated carbocycles. The van der Waals surface area contributed by atoms with E-state index in [1.165, 1.54) is 30.3 Å². The van der Waals surface area contributed by atoms with Crippen molar-refractivity contribution in [3.05, 3.63) is 42.0 Å². The fourth-order valence-electron chi connectivity index (χ4n) is 1.52. The molecule has 17 heavy (non-hydrogen) atoms. The van der Waals surface area contributed by atoms with E-state index in [-0.39, 0.29) is 11.9 Å². The van der Waals surface area contributed by atoms with Crippen molar-refractivity contribution in [3.8, 4) is 0 Å². The van der Waals surface area contributed by atoms with E-state index in [0.29, 0.717) is 16.5 Å². The first-order chi connectivity index (χ1) is 8.16. The smallest absolute Gasteiger partial charge is 0.260 e. The summed E-state index contributed by atoms with van der Waals surface area (Å²) in [7, 11) is 0. The van der Waals surface area contributed by atoms with Crippen molar-refractivity contribution in [2.45, 2.75) is 29.5 Å². The monoisotopic (exact) mass is 252 g/mol. The van der Waals surface area contributed by atoms with Crippen LogP contribution in [0.5, 0.6) is 0 Å². The average molecular weight is 252 g/mol. The Hall–Kier alpha value is -1.33. The Morgan fingerprint density at radius 2 is 2.35 bits per heavy atom. The second kappa shape index (κ2) is 5.33. The van der Waals surface area contributed by atoms with Crippen LogP contribution in [0, 0.1) is 5.82 Å². The third-order valence-electron chi connectivity index (χ3n) is 2.19. The van der Waals surface area contributed by atoms with Crippen LogP contribution in [-0.4, -0.2) is 11.0 Å². The van der Waals surface area contributed by atoms with E-state index in [0.717, 1.165) is 5.56 Å². The number of hydrogen-bond donors (Lipinski definition) is 1. The van der Waals surface area contributed by atoms with E-state index < -0.39 is 0 Å². The van der Waals surface area contributed by atoms with E-state index in [4.69, 9.17) is 10.2 Å². The van der Waals surface area contributed by atoms with Crippen LogP contribution in [0.2, 0.25) is 0 Å². The van der Waals surface area contributed by atoms with Crippen LogP contribution in [0.25, 0.3) is 0 Å². The van der Waals surface area contributed by atoms with Gasteiger partial charge in [-0.05, 0) is 36.7 Å². The second-order valence-electron chi connectivity index (χ2n) is 3.81. The quantitative estimate of drug-likeness (QED) is 0.909. The number of nitrogens with zero attached hydrogens (tertiary/aromatic N) is 1. The van der Waals surface area contributed by atoms with Crippen molar-refractivity contribution in [1.82, 2.24) is 4.98 Å². The zero-order valence-corrected chi connectivity index (χ0v) is 10.2. The Kier molecular flexibility index (Phi) is 3.81. The molecular formula is C12H13FN2OS. The molecule has 0 spiro atoms. The van der Waals surface area contributed by atoms with Crippen molar-refractivity contribution >= 4 is 11.8 Å². The zero-order valence-electron chi connectivity index (χ0n) is 9.39. The van der Waals surface area contributed by atoms with Gasteiger partial charge in [0.1, 0.15) is 12.1 Å². The van der Waals surface area contributed by atoms with Crippen LogP contribution >= 0.6 is 11.8 Å². The van der Waals surface area contributed by atoms with Crippen LogP contribution in [0.4, 0.5) is 4.39 Å². The van der Waals surface area contributed by atoms with Crippen molar-refractivity contribution in [3.63, 3.8) is 0 Å². The molecule has 1 atom stereocenters. The Morgan fingerprint density at radius 3 is 3.00 bits per heavy atom. The lowest BCUT2D eigenvalue weighted by molar-refractivity contribution is 0.453. The zero-order chi connectivity index (χ0) is 12.3. The average Bonchev–Trinajstić information content (AvgIpc) is 2.75. The fraction of sp³-hybridized carbons (Fsp3) is 0.250. The minimum atomic E-state index is -0.272. The summed E-state index contributed by atoms with van der Waals surface area (Å²) in [4.78, 5) is 4.51. The standard InChI is InChI=1S/C12H13FN2OS/c1-8(14)7-9-3-2-4-10(13)11(9)17-12-15-5-6-16-12/h2-6,8H,7,14H2,1H3. The molecule has 2 rings (SSSR count). The topological polar surface area (TPSA) is 52.0 Å². The van der Waals surface area contributed by atoms with E-state index in [2.05, 4.69) is 4.98 Å². The van der Waals surface area contributed by atoms with Crippen LogP contribution in [0.3, 0.4) is 0 Å². The van der Waals surface area contributed by atoms with Gasteiger partial charge < -0.3 is 10.2 Å². The van der Waals surface area contributed by atoms with Crippen LogP contribution in [0.1, 0.15) is 12.5 Å². The molecule has 0 saturated heterocycles. The lowest BCUT2D eigenvalue weighted by atomic mass is 10.1. The molecule has 1 aromatic carbocycles. The molecule has 0 fully saturated rings. The van der Waals surface area contributed by atoms with E-state index in [1.54, 1.807) is 6.07 Å². The van der Waals surface area contributed by atoms with Gasteiger partial charge in [0.15, 0.2) is 0 Å². The minimum Gasteiger partial charge on any atom is -0.440 e. The molecule has 3 nitrogen and oxygen atoms in total. The first kappa shape index (κ1) is 12.1. The summed E-state index contributed by atoms with van der Waals surface area (Å²) in [6.07, 6.45) is 3.63. The Morgan fingerprint density at radius 1 is 1.53 bits per heavy atom. The van der Waals surface area contributed by atoms with Crippen molar-refractivity contribution in [2.24, 2.45) is 5.73 Å². The molecule has 0 bridgehead atoms. The summed E-state index contributed by atoms with van der Waals surface area (Å²) >= 11 is 1.18. The van der Waals surface area contributed by atoms with Crippen molar-refractivity contribution in [2.75, 3.05) is 0 Å². The summed E-state index contributed by atoms with van der Waals surface area (Å²) in [6.45, 7) is 1.89. The molecule has 2 aromatic rings. The van der Waals surface area contributed by atoms with Gasteiger partial charge in [0.25, 0.3) is 5.22 Å². The van der Waals surface area contributed by atoms with Crippen LogP contribution in [-0.2, 0) is 6.42 Å². The Bertz CT molecular complexity index is 485. The number of oxazole rings is 1. The van der Waals surface area contributed by atoms with Crippen molar-refractivity contribution < 1.29 is 8.81 Å².